The lowest BCUT2D eigenvalue weighted by molar-refractivity contribution is 0.259. The molecule has 28 heavy (non-hydrogen) atoms. The summed E-state index contributed by atoms with van der Waals surface area (Å²) in [5.74, 6) is 0. The van der Waals surface area contributed by atoms with E-state index in [2.05, 4.69) is 21.3 Å². The zero-order chi connectivity index (χ0) is 20.1. The Bertz CT molecular complexity index is 803. The SMILES string of the molecule is CN(C)Cc1ccc(SN)cn1.NC(=O)Nc1c2c(cc3c1CCC3)CCC2. The van der Waals surface area contributed by atoms with Gasteiger partial charge in [0.25, 0.3) is 0 Å². The van der Waals surface area contributed by atoms with Crippen LogP contribution in [0.15, 0.2) is 29.3 Å². The van der Waals surface area contributed by atoms with E-state index < -0.39 is 6.03 Å². The van der Waals surface area contributed by atoms with Crippen molar-refractivity contribution in [2.75, 3.05) is 19.4 Å². The van der Waals surface area contributed by atoms with Gasteiger partial charge in [0.05, 0.1) is 5.69 Å². The molecular formula is C21H29N5OS. The number of urea groups is 1. The summed E-state index contributed by atoms with van der Waals surface area (Å²) in [6, 6.07) is 5.89. The van der Waals surface area contributed by atoms with E-state index in [4.69, 9.17) is 10.9 Å². The van der Waals surface area contributed by atoms with E-state index in [-0.39, 0.29) is 0 Å². The number of nitrogens with one attached hydrogen (secondary N) is 1. The summed E-state index contributed by atoms with van der Waals surface area (Å²) in [6.45, 7) is 0.871. The van der Waals surface area contributed by atoms with E-state index in [9.17, 15) is 4.79 Å². The molecule has 0 aliphatic heterocycles. The molecule has 0 saturated heterocycles. The molecule has 1 aromatic heterocycles. The molecule has 0 bridgehead atoms. The van der Waals surface area contributed by atoms with Crippen LogP contribution >= 0.6 is 11.9 Å². The predicted octanol–water partition coefficient (Wildman–Crippen LogP) is 3.26. The van der Waals surface area contributed by atoms with E-state index in [1.54, 1.807) is 6.20 Å². The standard InChI is InChI=1S/C13H16N2O.C8H13N3S/c14-13(16)15-12-10-5-1-3-8(10)7-9-4-2-6-11(9)12;1-11(2)6-7-3-4-8(12-9)5-10-7/h7H,1-6H2,(H3,14,15,16);3-5H,6,9H2,1-2H3. The first-order valence-electron chi connectivity index (χ1n) is 9.67. The third-order valence-electron chi connectivity index (χ3n) is 5.13. The summed E-state index contributed by atoms with van der Waals surface area (Å²) >= 11 is 1.22. The van der Waals surface area contributed by atoms with Gasteiger partial charge in [-0.2, -0.15) is 0 Å². The topological polar surface area (TPSA) is 97.3 Å². The predicted molar refractivity (Wildman–Crippen MR) is 115 cm³/mol. The van der Waals surface area contributed by atoms with Crippen LogP contribution in [0.25, 0.3) is 0 Å². The number of carbonyl (C=O) groups is 1. The van der Waals surface area contributed by atoms with Gasteiger partial charge in [0.1, 0.15) is 0 Å². The van der Waals surface area contributed by atoms with Crippen molar-refractivity contribution < 1.29 is 4.79 Å². The minimum Gasteiger partial charge on any atom is -0.351 e. The van der Waals surface area contributed by atoms with Gasteiger partial charge >= 0.3 is 6.03 Å². The zero-order valence-corrected chi connectivity index (χ0v) is 17.4. The largest absolute Gasteiger partial charge is 0.351 e. The molecule has 2 aliphatic rings. The first-order chi connectivity index (χ1) is 13.5. The number of aryl methyl sites for hydroxylation is 2. The molecule has 0 saturated carbocycles. The fourth-order valence-corrected chi connectivity index (χ4v) is 4.25. The third kappa shape index (κ3) is 5.04. The minimum absolute atomic E-state index is 0.436. The average molecular weight is 400 g/mol. The first-order valence-corrected chi connectivity index (χ1v) is 10.5. The number of nitrogens with two attached hydrogens (primary N) is 2. The summed E-state index contributed by atoms with van der Waals surface area (Å²) < 4.78 is 0. The van der Waals surface area contributed by atoms with E-state index in [0.717, 1.165) is 48.5 Å². The smallest absolute Gasteiger partial charge is 0.316 e. The summed E-state index contributed by atoms with van der Waals surface area (Å²) in [7, 11) is 4.04. The number of hydrogen-bond donors (Lipinski definition) is 3. The van der Waals surface area contributed by atoms with Crippen LogP contribution in [0.2, 0.25) is 0 Å². The van der Waals surface area contributed by atoms with E-state index in [1.807, 2.05) is 26.2 Å². The third-order valence-corrected chi connectivity index (χ3v) is 5.65. The van der Waals surface area contributed by atoms with Gasteiger partial charge in [-0.3, -0.25) is 10.1 Å². The van der Waals surface area contributed by atoms with Crippen LogP contribution < -0.4 is 16.2 Å². The fraction of sp³-hybridized carbons (Fsp3) is 0.429. The Morgan fingerprint density at radius 3 is 2.25 bits per heavy atom. The number of primary amides is 1. The normalized spacial score (nSPS) is 14.3. The highest BCUT2D eigenvalue weighted by Gasteiger charge is 2.24. The van der Waals surface area contributed by atoms with Gasteiger partial charge in [-0.05, 0) is 99.0 Å². The van der Waals surface area contributed by atoms with Crippen molar-refractivity contribution in [2.45, 2.75) is 50.0 Å². The molecule has 150 valence electrons. The maximum absolute atomic E-state index is 11.1. The van der Waals surface area contributed by atoms with Crippen molar-refractivity contribution in [3.05, 3.63) is 52.3 Å². The Morgan fingerprint density at radius 1 is 1.14 bits per heavy atom. The summed E-state index contributed by atoms with van der Waals surface area (Å²) in [5, 5.41) is 8.21. The second-order valence-electron chi connectivity index (χ2n) is 7.56. The van der Waals surface area contributed by atoms with Gasteiger partial charge in [-0.15, -0.1) is 0 Å². The molecule has 1 aromatic carbocycles. The van der Waals surface area contributed by atoms with E-state index >= 15 is 0 Å². The number of fused-ring (bicyclic) bond motifs is 2. The number of carbonyl (C=O) groups excluding carboxylic acids is 1. The number of hydrogen-bond acceptors (Lipinski definition) is 5. The van der Waals surface area contributed by atoms with Gasteiger partial charge in [-0.1, -0.05) is 6.07 Å². The lowest BCUT2D eigenvalue weighted by atomic mass is 9.99. The van der Waals surface area contributed by atoms with Gasteiger partial charge in [0.2, 0.25) is 0 Å². The van der Waals surface area contributed by atoms with Crippen molar-refractivity contribution in [2.24, 2.45) is 10.9 Å². The second kappa shape index (κ2) is 9.41. The molecule has 2 aliphatic carbocycles. The number of aromatic nitrogens is 1. The molecule has 6 nitrogen and oxygen atoms in total. The number of amides is 2. The highest BCUT2D eigenvalue weighted by molar-refractivity contribution is 7.97. The highest BCUT2D eigenvalue weighted by atomic mass is 32.2. The molecule has 0 unspecified atom stereocenters. The Balaban J connectivity index is 0.000000169. The zero-order valence-electron chi connectivity index (χ0n) is 16.6. The Morgan fingerprint density at radius 2 is 1.79 bits per heavy atom. The molecule has 7 heteroatoms. The van der Waals surface area contributed by atoms with Crippen LogP contribution in [0.4, 0.5) is 10.5 Å². The van der Waals surface area contributed by atoms with Crippen molar-refractivity contribution in [3.63, 3.8) is 0 Å². The van der Waals surface area contributed by atoms with Crippen LogP contribution in [0.3, 0.4) is 0 Å². The lowest BCUT2D eigenvalue weighted by Gasteiger charge is -2.14. The molecule has 0 radical (unpaired) electrons. The van der Waals surface area contributed by atoms with Gasteiger partial charge in [0.15, 0.2) is 0 Å². The van der Waals surface area contributed by atoms with Gasteiger partial charge < -0.3 is 16.0 Å². The van der Waals surface area contributed by atoms with E-state index in [1.165, 1.54) is 47.0 Å². The quantitative estimate of drug-likeness (QED) is 0.686. The molecule has 5 N–H and O–H groups in total. The Kier molecular flexibility index (Phi) is 6.93. The number of nitrogens with zero attached hydrogens (tertiary/aromatic N) is 2. The summed E-state index contributed by atoms with van der Waals surface area (Å²) in [6.07, 6.45) is 8.66. The minimum atomic E-state index is -0.436. The van der Waals surface area contributed by atoms with Crippen molar-refractivity contribution in [3.8, 4) is 0 Å². The lowest BCUT2D eigenvalue weighted by Crippen LogP contribution is -2.21. The molecule has 0 atom stereocenters. The highest BCUT2D eigenvalue weighted by Crippen LogP contribution is 2.38. The number of pyridine rings is 1. The molecule has 0 fully saturated rings. The fourth-order valence-electron chi connectivity index (χ4n) is 3.99. The van der Waals surface area contributed by atoms with Crippen LogP contribution in [0.5, 0.6) is 0 Å². The van der Waals surface area contributed by atoms with Crippen LogP contribution in [0.1, 0.15) is 40.8 Å². The van der Waals surface area contributed by atoms with Crippen molar-refractivity contribution >= 4 is 23.7 Å². The monoisotopic (exact) mass is 399 g/mol. The maximum atomic E-state index is 11.1. The number of anilines is 1. The molecule has 0 spiro atoms. The van der Waals surface area contributed by atoms with Crippen LogP contribution in [-0.4, -0.2) is 30.0 Å². The molecule has 4 rings (SSSR count). The van der Waals surface area contributed by atoms with Gasteiger partial charge in [0, 0.05) is 23.3 Å². The number of benzene rings is 1. The first kappa shape index (κ1) is 20.6. The molecule has 1 heterocycles. The van der Waals surface area contributed by atoms with E-state index in [0.29, 0.717) is 0 Å². The molecule has 2 amide bonds. The summed E-state index contributed by atoms with van der Waals surface area (Å²) in [5.41, 5.74) is 12.9. The van der Waals surface area contributed by atoms with Gasteiger partial charge in [-0.25, -0.2) is 4.79 Å². The van der Waals surface area contributed by atoms with Crippen LogP contribution in [-0.2, 0) is 32.2 Å². The average Bonchev–Trinajstić information content (AvgIpc) is 3.31. The second-order valence-corrected chi connectivity index (χ2v) is 8.27. The molecule has 2 aromatic rings. The van der Waals surface area contributed by atoms with Crippen molar-refractivity contribution in [1.29, 1.82) is 0 Å². The summed E-state index contributed by atoms with van der Waals surface area (Å²) in [4.78, 5) is 18.4. The van der Waals surface area contributed by atoms with Crippen molar-refractivity contribution in [1.82, 2.24) is 9.88 Å². The Labute approximate surface area is 171 Å². The number of rotatable bonds is 4. The van der Waals surface area contributed by atoms with Crippen LogP contribution in [0, 0.1) is 0 Å². The molecular weight excluding hydrogens is 370 g/mol. The Hall–Kier alpha value is -2.09. The maximum Gasteiger partial charge on any atom is 0.316 e.